The summed E-state index contributed by atoms with van der Waals surface area (Å²) in [5, 5.41) is 3.80. The Morgan fingerprint density at radius 1 is 1.14 bits per heavy atom. The molecule has 3 heterocycles. The van der Waals surface area contributed by atoms with Gasteiger partial charge in [0.1, 0.15) is 16.5 Å². The number of hydrogen-bond acceptors (Lipinski definition) is 6. The Hall–Kier alpha value is -2.64. The molecule has 0 bridgehead atoms. The summed E-state index contributed by atoms with van der Waals surface area (Å²) in [6.45, 7) is 2.35. The second-order valence-corrected chi connectivity index (χ2v) is 8.31. The second kappa shape index (κ2) is 8.16. The van der Waals surface area contributed by atoms with Crippen molar-refractivity contribution in [3.63, 3.8) is 0 Å². The first-order valence-corrected chi connectivity index (χ1v) is 10.7. The number of amides is 1. The van der Waals surface area contributed by atoms with E-state index in [2.05, 4.69) is 4.98 Å². The number of nitrogens with zero attached hydrogens (tertiary/aromatic N) is 3. The van der Waals surface area contributed by atoms with Gasteiger partial charge in [0.15, 0.2) is 5.82 Å². The first kappa shape index (κ1) is 18.7. The highest BCUT2D eigenvalue weighted by Gasteiger charge is 2.15. The number of benzene rings is 1. The number of aryl methyl sites for hydroxylation is 1. The zero-order valence-electron chi connectivity index (χ0n) is 15.6. The zero-order valence-corrected chi connectivity index (χ0v) is 17.2. The highest BCUT2D eigenvalue weighted by Crippen LogP contribution is 2.30. The van der Waals surface area contributed by atoms with Crippen molar-refractivity contribution in [2.75, 3.05) is 12.8 Å². The normalized spacial score (nSPS) is 11.1. The third kappa shape index (κ3) is 4.10. The summed E-state index contributed by atoms with van der Waals surface area (Å²) in [4.78, 5) is 24.7. The van der Waals surface area contributed by atoms with Crippen molar-refractivity contribution in [3.8, 4) is 10.7 Å². The first-order valence-electron chi connectivity index (χ1n) is 8.83. The Bertz CT molecular complexity index is 1110. The topological polar surface area (TPSA) is 59.2 Å². The number of para-hydroxylation sites is 1. The number of furan rings is 1. The van der Waals surface area contributed by atoms with Crippen molar-refractivity contribution in [2.45, 2.75) is 18.5 Å². The average molecular weight is 410 g/mol. The van der Waals surface area contributed by atoms with E-state index in [1.807, 2.05) is 60.8 Å². The Balaban J connectivity index is 1.53. The lowest BCUT2D eigenvalue weighted by molar-refractivity contribution is -0.127. The fraction of sp³-hybridized carbons (Fsp3) is 0.190. The second-order valence-electron chi connectivity index (χ2n) is 6.40. The average Bonchev–Trinajstić information content (AvgIpc) is 3.37. The highest BCUT2D eigenvalue weighted by atomic mass is 32.2. The van der Waals surface area contributed by atoms with Crippen LogP contribution in [0.5, 0.6) is 0 Å². The number of aromatic nitrogens is 2. The molecule has 7 heteroatoms. The van der Waals surface area contributed by atoms with E-state index in [9.17, 15) is 4.79 Å². The molecule has 0 saturated carbocycles. The van der Waals surface area contributed by atoms with E-state index in [1.165, 1.54) is 11.8 Å². The number of thiophene rings is 1. The maximum Gasteiger partial charge on any atom is 0.233 e. The van der Waals surface area contributed by atoms with Gasteiger partial charge in [-0.1, -0.05) is 36.0 Å². The van der Waals surface area contributed by atoms with Crippen LogP contribution in [0.25, 0.3) is 21.6 Å². The van der Waals surface area contributed by atoms with E-state index in [1.54, 1.807) is 23.3 Å². The molecule has 0 atom stereocenters. The Morgan fingerprint density at radius 2 is 2.00 bits per heavy atom. The van der Waals surface area contributed by atoms with Crippen molar-refractivity contribution < 1.29 is 9.21 Å². The number of thioether (sulfide) groups is 1. The standard InChI is InChI=1S/C21H19N3O2S2/c1-14-9-10-15(26-14)12-24(2)19(25)13-28-21-16-6-3-4-7-17(16)22-20(23-21)18-8-5-11-27-18/h3-11H,12-13H2,1-2H3. The molecule has 28 heavy (non-hydrogen) atoms. The van der Waals surface area contributed by atoms with Gasteiger partial charge in [0.25, 0.3) is 0 Å². The van der Waals surface area contributed by atoms with Crippen molar-refractivity contribution in [1.82, 2.24) is 14.9 Å². The van der Waals surface area contributed by atoms with E-state index >= 15 is 0 Å². The van der Waals surface area contributed by atoms with Crippen LogP contribution in [0.2, 0.25) is 0 Å². The van der Waals surface area contributed by atoms with Gasteiger partial charge in [0, 0.05) is 12.4 Å². The quantitative estimate of drug-likeness (QED) is 0.331. The summed E-state index contributed by atoms with van der Waals surface area (Å²) < 4.78 is 5.56. The molecule has 0 spiro atoms. The summed E-state index contributed by atoms with van der Waals surface area (Å²) in [6, 6.07) is 15.7. The lowest BCUT2D eigenvalue weighted by Gasteiger charge is -2.15. The van der Waals surface area contributed by atoms with Gasteiger partial charge in [-0.05, 0) is 36.6 Å². The maximum absolute atomic E-state index is 12.6. The number of rotatable bonds is 6. The van der Waals surface area contributed by atoms with E-state index < -0.39 is 0 Å². The zero-order chi connectivity index (χ0) is 19.5. The van der Waals surface area contributed by atoms with Gasteiger partial charge in [-0.3, -0.25) is 4.79 Å². The van der Waals surface area contributed by atoms with Gasteiger partial charge in [-0.25, -0.2) is 9.97 Å². The predicted octanol–water partition coefficient (Wildman–Crippen LogP) is 5.01. The number of carbonyl (C=O) groups excluding carboxylic acids is 1. The predicted molar refractivity (Wildman–Crippen MR) is 113 cm³/mol. The van der Waals surface area contributed by atoms with Crippen LogP contribution in [-0.2, 0) is 11.3 Å². The Labute approximate surface area is 171 Å². The maximum atomic E-state index is 12.6. The number of hydrogen-bond donors (Lipinski definition) is 0. The molecule has 1 amide bonds. The molecule has 4 rings (SSSR count). The van der Waals surface area contributed by atoms with E-state index in [-0.39, 0.29) is 5.91 Å². The molecule has 0 fully saturated rings. The van der Waals surface area contributed by atoms with Crippen molar-refractivity contribution in [3.05, 3.63) is 65.4 Å². The summed E-state index contributed by atoms with van der Waals surface area (Å²) in [5.74, 6) is 2.66. The lowest BCUT2D eigenvalue weighted by atomic mass is 10.2. The summed E-state index contributed by atoms with van der Waals surface area (Å²) in [6.07, 6.45) is 0. The number of carbonyl (C=O) groups is 1. The van der Waals surface area contributed by atoms with Gasteiger partial charge in [0.05, 0.1) is 22.7 Å². The summed E-state index contributed by atoms with van der Waals surface area (Å²) >= 11 is 3.05. The van der Waals surface area contributed by atoms with E-state index in [4.69, 9.17) is 9.40 Å². The molecule has 0 aliphatic carbocycles. The van der Waals surface area contributed by atoms with Crippen LogP contribution in [0.4, 0.5) is 0 Å². The summed E-state index contributed by atoms with van der Waals surface area (Å²) in [7, 11) is 1.79. The SMILES string of the molecule is Cc1ccc(CN(C)C(=O)CSc2nc(-c3cccs3)nc3ccccc23)o1. The van der Waals surface area contributed by atoms with Crippen LogP contribution < -0.4 is 0 Å². The van der Waals surface area contributed by atoms with Crippen molar-refractivity contribution in [2.24, 2.45) is 0 Å². The third-order valence-electron chi connectivity index (χ3n) is 4.26. The highest BCUT2D eigenvalue weighted by molar-refractivity contribution is 8.00. The minimum absolute atomic E-state index is 0.0272. The molecule has 1 aromatic carbocycles. The monoisotopic (exact) mass is 409 g/mol. The molecule has 0 saturated heterocycles. The minimum atomic E-state index is 0.0272. The lowest BCUT2D eigenvalue weighted by Crippen LogP contribution is -2.27. The van der Waals surface area contributed by atoms with Crippen LogP contribution in [0.1, 0.15) is 11.5 Å². The smallest absolute Gasteiger partial charge is 0.233 e. The minimum Gasteiger partial charge on any atom is -0.464 e. The van der Waals surface area contributed by atoms with Crippen LogP contribution in [0.15, 0.2) is 63.4 Å². The molecule has 0 unspecified atom stereocenters. The molecule has 0 aliphatic rings. The van der Waals surface area contributed by atoms with Gasteiger partial charge in [0.2, 0.25) is 5.91 Å². The largest absolute Gasteiger partial charge is 0.464 e. The molecule has 3 aromatic heterocycles. The Morgan fingerprint density at radius 3 is 2.75 bits per heavy atom. The van der Waals surface area contributed by atoms with Crippen LogP contribution in [0, 0.1) is 6.92 Å². The molecule has 0 radical (unpaired) electrons. The van der Waals surface area contributed by atoms with Gasteiger partial charge in [-0.15, -0.1) is 11.3 Å². The van der Waals surface area contributed by atoms with Crippen LogP contribution in [0.3, 0.4) is 0 Å². The molecule has 5 nitrogen and oxygen atoms in total. The van der Waals surface area contributed by atoms with Crippen molar-refractivity contribution in [1.29, 1.82) is 0 Å². The van der Waals surface area contributed by atoms with Gasteiger partial charge >= 0.3 is 0 Å². The first-order chi connectivity index (χ1) is 13.6. The molecule has 0 N–H and O–H groups in total. The van der Waals surface area contributed by atoms with E-state index in [0.29, 0.717) is 18.1 Å². The van der Waals surface area contributed by atoms with E-state index in [0.717, 1.165) is 32.3 Å². The molecular weight excluding hydrogens is 390 g/mol. The molecule has 0 aliphatic heterocycles. The molecular formula is C21H19N3O2S2. The Kier molecular flexibility index (Phi) is 5.45. The van der Waals surface area contributed by atoms with Gasteiger partial charge in [-0.2, -0.15) is 0 Å². The van der Waals surface area contributed by atoms with Crippen LogP contribution >= 0.6 is 23.1 Å². The fourth-order valence-electron chi connectivity index (χ4n) is 2.81. The van der Waals surface area contributed by atoms with Crippen LogP contribution in [-0.4, -0.2) is 33.6 Å². The van der Waals surface area contributed by atoms with Crippen molar-refractivity contribution >= 4 is 39.9 Å². The fourth-order valence-corrected chi connectivity index (χ4v) is 4.42. The third-order valence-corrected chi connectivity index (χ3v) is 6.10. The molecule has 142 valence electrons. The number of fused-ring (bicyclic) bond motifs is 1. The molecule has 4 aromatic rings. The summed E-state index contributed by atoms with van der Waals surface area (Å²) in [5.41, 5.74) is 0.885. The van der Waals surface area contributed by atoms with Gasteiger partial charge < -0.3 is 9.32 Å².